The molecule has 0 aliphatic carbocycles. The van der Waals surface area contributed by atoms with Crippen molar-refractivity contribution in [2.45, 2.75) is 19.4 Å². The summed E-state index contributed by atoms with van der Waals surface area (Å²) in [5.74, 6) is 0.395. The number of nitrogens with zero attached hydrogens (tertiary/aromatic N) is 2. The number of rotatable bonds is 4. The maximum Gasteiger partial charge on any atom is 0.329 e. The van der Waals surface area contributed by atoms with Crippen LogP contribution < -0.4 is 16.6 Å². The van der Waals surface area contributed by atoms with Gasteiger partial charge in [-0.3, -0.25) is 14.2 Å². The number of benzene rings is 1. The minimum atomic E-state index is -0.544. The number of carbonyl (C=O) groups is 1. The van der Waals surface area contributed by atoms with Crippen LogP contribution in [0, 0.1) is 5.92 Å². The highest BCUT2D eigenvalue weighted by Crippen LogP contribution is 2.16. The van der Waals surface area contributed by atoms with Crippen LogP contribution in [0.4, 0.5) is 0 Å². The van der Waals surface area contributed by atoms with Gasteiger partial charge in [0.05, 0.1) is 10.9 Å². The molecule has 1 aromatic heterocycles. The lowest BCUT2D eigenvalue weighted by molar-refractivity contribution is -0.133. The second-order valence-electron chi connectivity index (χ2n) is 6.25. The van der Waals surface area contributed by atoms with Gasteiger partial charge in [0, 0.05) is 13.1 Å². The minimum absolute atomic E-state index is 0. The number of likely N-dealkylation sites (tertiary alicyclic amines) is 1. The molecule has 0 atom stereocenters. The Hall–Kier alpha value is -2.12. The van der Waals surface area contributed by atoms with Gasteiger partial charge in [-0.15, -0.1) is 12.4 Å². The number of H-pyrrole nitrogens is 1. The molecule has 1 aliphatic rings. The summed E-state index contributed by atoms with van der Waals surface area (Å²) in [6.07, 6.45) is 1.88. The van der Waals surface area contributed by atoms with Crippen LogP contribution in [0.15, 0.2) is 33.9 Å². The molecule has 1 fully saturated rings. The number of fused-ring (bicyclic) bond motifs is 1. The zero-order valence-corrected chi connectivity index (χ0v) is 15.0. The molecule has 7 nitrogen and oxygen atoms in total. The summed E-state index contributed by atoms with van der Waals surface area (Å²) in [6, 6.07) is 6.82. The van der Waals surface area contributed by atoms with E-state index in [4.69, 9.17) is 0 Å². The molecule has 0 unspecified atom stereocenters. The fourth-order valence-electron chi connectivity index (χ4n) is 3.25. The summed E-state index contributed by atoms with van der Waals surface area (Å²) in [5.41, 5.74) is -0.478. The highest BCUT2D eigenvalue weighted by Gasteiger charge is 2.23. The third-order valence-electron chi connectivity index (χ3n) is 4.64. The number of para-hydroxylation sites is 1. The summed E-state index contributed by atoms with van der Waals surface area (Å²) in [5, 5.41) is 3.57. The van der Waals surface area contributed by atoms with Crippen LogP contribution in [0.2, 0.25) is 0 Å². The third-order valence-corrected chi connectivity index (χ3v) is 4.64. The zero-order chi connectivity index (χ0) is 17.1. The summed E-state index contributed by atoms with van der Waals surface area (Å²) >= 11 is 0. The molecule has 0 bridgehead atoms. The largest absolute Gasteiger partial charge is 0.341 e. The molecule has 2 N–H and O–H groups in total. The van der Waals surface area contributed by atoms with Crippen LogP contribution in [0.25, 0.3) is 10.9 Å². The lowest BCUT2D eigenvalue weighted by Crippen LogP contribution is -2.45. The van der Waals surface area contributed by atoms with E-state index in [1.165, 1.54) is 0 Å². The van der Waals surface area contributed by atoms with Gasteiger partial charge in [0.2, 0.25) is 5.91 Å². The Bertz CT molecular complexity index is 853. The van der Waals surface area contributed by atoms with E-state index in [1.807, 2.05) is 7.05 Å². The second kappa shape index (κ2) is 8.31. The van der Waals surface area contributed by atoms with Gasteiger partial charge in [0.15, 0.2) is 0 Å². The van der Waals surface area contributed by atoms with E-state index >= 15 is 0 Å². The molecule has 25 heavy (non-hydrogen) atoms. The summed E-state index contributed by atoms with van der Waals surface area (Å²) in [6.45, 7) is 2.08. The number of hydrogen-bond acceptors (Lipinski definition) is 4. The molecule has 136 valence electrons. The summed E-state index contributed by atoms with van der Waals surface area (Å²) in [7, 11) is 1.93. The number of nitrogens with one attached hydrogen (secondary N) is 2. The Labute approximate surface area is 151 Å². The Morgan fingerprint density at radius 3 is 2.60 bits per heavy atom. The van der Waals surface area contributed by atoms with Crippen molar-refractivity contribution in [3.8, 4) is 0 Å². The lowest BCUT2D eigenvalue weighted by Gasteiger charge is -2.32. The molecular weight excluding hydrogens is 344 g/mol. The topological polar surface area (TPSA) is 87.2 Å². The van der Waals surface area contributed by atoms with Gasteiger partial charge in [-0.05, 0) is 44.5 Å². The average molecular weight is 367 g/mol. The predicted octanol–water partition coefficient (Wildman–Crippen LogP) is 0.570. The molecule has 1 aliphatic heterocycles. The molecule has 8 heteroatoms. The Morgan fingerprint density at radius 1 is 1.24 bits per heavy atom. The van der Waals surface area contributed by atoms with Crippen LogP contribution in [0.3, 0.4) is 0 Å². The van der Waals surface area contributed by atoms with Crippen LogP contribution >= 0.6 is 12.4 Å². The molecule has 2 heterocycles. The first-order chi connectivity index (χ1) is 11.6. The van der Waals surface area contributed by atoms with Crippen molar-refractivity contribution < 1.29 is 4.79 Å². The molecular formula is C17H23ClN4O3. The van der Waals surface area contributed by atoms with Crippen LogP contribution in [-0.4, -0.2) is 47.0 Å². The van der Waals surface area contributed by atoms with Gasteiger partial charge >= 0.3 is 5.69 Å². The molecule has 0 radical (unpaired) electrons. The molecule has 1 saturated heterocycles. The first-order valence-corrected chi connectivity index (χ1v) is 8.24. The highest BCUT2D eigenvalue weighted by molar-refractivity contribution is 5.85. The maximum atomic E-state index is 12.5. The Balaban J connectivity index is 0.00000225. The molecule has 1 aromatic carbocycles. The first kappa shape index (κ1) is 19.2. The molecule has 2 aromatic rings. The van der Waals surface area contributed by atoms with Gasteiger partial charge in [-0.25, -0.2) is 4.79 Å². The first-order valence-electron chi connectivity index (χ1n) is 8.24. The van der Waals surface area contributed by atoms with Crippen LogP contribution in [-0.2, 0) is 11.3 Å². The van der Waals surface area contributed by atoms with E-state index in [2.05, 4.69) is 10.3 Å². The van der Waals surface area contributed by atoms with Gasteiger partial charge < -0.3 is 15.2 Å². The quantitative estimate of drug-likeness (QED) is 0.828. The number of piperidine rings is 1. The van der Waals surface area contributed by atoms with Gasteiger partial charge in [0.1, 0.15) is 6.54 Å². The normalized spacial score (nSPS) is 15.2. The zero-order valence-electron chi connectivity index (χ0n) is 14.2. The monoisotopic (exact) mass is 366 g/mol. The number of amides is 1. The summed E-state index contributed by atoms with van der Waals surface area (Å²) < 4.78 is 0.990. The molecule has 0 spiro atoms. The number of halogens is 1. The fourth-order valence-corrected chi connectivity index (χ4v) is 3.25. The van der Waals surface area contributed by atoms with E-state index in [1.54, 1.807) is 29.2 Å². The van der Waals surface area contributed by atoms with Crippen molar-refractivity contribution in [1.82, 2.24) is 19.8 Å². The number of aromatic nitrogens is 2. The van der Waals surface area contributed by atoms with Crippen LogP contribution in [0.1, 0.15) is 12.8 Å². The molecule has 0 saturated carbocycles. The molecule has 3 rings (SSSR count). The average Bonchev–Trinajstić information content (AvgIpc) is 2.59. The standard InChI is InChI=1S/C17H22N4O3.ClH/c1-18-10-12-6-8-20(9-7-12)15(22)11-21-16(23)13-4-2-3-5-14(13)19-17(21)24;/h2-5,12,18H,6-11H2,1H3,(H,19,24);1H. The van der Waals surface area contributed by atoms with Gasteiger partial charge in [-0.1, -0.05) is 12.1 Å². The highest BCUT2D eigenvalue weighted by atomic mass is 35.5. The van der Waals surface area contributed by atoms with Gasteiger partial charge in [-0.2, -0.15) is 0 Å². The fraction of sp³-hybridized carbons (Fsp3) is 0.471. The van der Waals surface area contributed by atoms with Crippen molar-refractivity contribution in [3.05, 3.63) is 45.1 Å². The van der Waals surface area contributed by atoms with Crippen molar-refractivity contribution >= 4 is 29.2 Å². The van der Waals surface area contributed by atoms with Crippen LogP contribution in [0.5, 0.6) is 0 Å². The van der Waals surface area contributed by atoms with E-state index in [0.29, 0.717) is 29.9 Å². The number of aromatic amines is 1. The third kappa shape index (κ3) is 4.11. The number of carbonyl (C=O) groups excluding carboxylic acids is 1. The number of hydrogen-bond donors (Lipinski definition) is 2. The van der Waals surface area contributed by atoms with Crippen molar-refractivity contribution in [2.24, 2.45) is 5.92 Å². The van der Waals surface area contributed by atoms with E-state index in [-0.39, 0.29) is 24.9 Å². The smallest absolute Gasteiger partial charge is 0.329 e. The maximum absolute atomic E-state index is 12.5. The van der Waals surface area contributed by atoms with Crippen molar-refractivity contribution in [2.75, 3.05) is 26.7 Å². The lowest BCUT2D eigenvalue weighted by atomic mass is 9.97. The SMILES string of the molecule is CNCC1CCN(C(=O)Cn2c(=O)[nH]c3ccccc3c2=O)CC1.Cl. The van der Waals surface area contributed by atoms with Gasteiger partial charge in [0.25, 0.3) is 5.56 Å². The van der Waals surface area contributed by atoms with Crippen molar-refractivity contribution in [1.29, 1.82) is 0 Å². The van der Waals surface area contributed by atoms with E-state index < -0.39 is 11.2 Å². The van der Waals surface area contributed by atoms with E-state index in [9.17, 15) is 14.4 Å². The van der Waals surface area contributed by atoms with Crippen molar-refractivity contribution in [3.63, 3.8) is 0 Å². The van der Waals surface area contributed by atoms with E-state index in [0.717, 1.165) is 24.0 Å². The Kier molecular flexibility index (Phi) is 6.39. The minimum Gasteiger partial charge on any atom is -0.341 e. The second-order valence-corrected chi connectivity index (χ2v) is 6.25. The molecule has 1 amide bonds. The Morgan fingerprint density at radius 2 is 1.92 bits per heavy atom. The summed E-state index contributed by atoms with van der Waals surface area (Å²) in [4.78, 5) is 41.5. The predicted molar refractivity (Wildman–Crippen MR) is 99.3 cm³/mol.